The van der Waals surface area contributed by atoms with Crippen LogP contribution in [0.25, 0.3) is 0 Å². The molecular weight excluding hydrogens is 368 g/mol. The van der Waals surface area contributed by atoms with E-state index in [4.69, 9.17) is 4.74 Å². The maximum Gasteiger partial charge on any atom is 0.124 e. The molecule has 0 heterocycles. The Labute approximate surface area is 132 Å². The van der Waals surface area contributed by atoms with Crippen molar-refractivity contribution in [1.82, 2.24) is 0 Å². The van der Waals surface area contributed by atoms with Gasteiger partial charge in [-0.1, -0.05) is 18.2 Å². The van der Waals surface area contributed by atoms with Gasteiger partial charge in [-0.2, -0.15) is 0 Å². The standard InChI is InChI=1S/C16H17FINO/c1-3-20-16-7-5-4-6-13(16)11(2)19-15-9-8-12(17)10-14(15)18/h4-11,19H,3H2,1-2H3. The summed E-state index contributed by atoms with van der Waals surface area (Å²) in [4.78, 5) is 0. The van der Waals surface area contributed by atoms with E-state index in [9.17, 15) is 4.39 Å². The number of benzene rings is 2. The summed E-state index contributed by atoms with van der Waals surface area (Å²) in [5.74, 6) is 0.662. The molecule has 0 amide bonds. The second kappa shape index (κ2) is 6.92. The smallest absolute Gasteiger partial charge is 0.124 e. The van der Waals surface area contributed by atoms with Crippen LogP contribution in [0.1, 0.15) is 25.5 Å². The van der Waals surface area contributed by atoms with Gasteiger partial charge in [0.1, 0.15) is 11.6 Å². The predicted molar refractivity (Wildman–Crippen MR) is 88.8 cm³/mol. The van der Waals surface area contributed by atoms with Crippen LogP contribution in [-0.2, 0) is 0 Å². The van der Waals surface area contributed by atoms with Crippen LogP contribution in [0.4, 0.5) is 10.1 Å². The van der Waals surface area contributed by atoms with Crippen LogP contribution in [0.15, 0.2) is 42.5 Å². The molecule has 0 saturated carbocycles. The molecular formula is C16H17FINO. The molecule has 2 nitrogen and oxygen atoms in total. The van der Waals surface area contributed by atoms with E-state index in [1.165, 1.54) is 12.1 Å². The zero-order valence-corrected chi connectivity index (χ0v) is 13.6. The predicted octanol–water partition coefficient (Wildman–Crippen LogP) is 5.00. The van der Waals surface area contributed by atoms with Gasteiger partial charge in [0.05, 0.1) is 12.6 Å². The fourth-order valence-electron chi connectivity index (χ4n) is 2.04. The van der Waals surface area contributed by atoms with E-state index >= 15 is 0 Å². The number of ether oxygens (including phenoxy) is 1. The second-order valence-corrected chi connectivity index (χ2v) is 5.62. The minimum Gasteiger partial charge on any atom is -0.494 e. The molecule has 2 aromatic rings. The van der Waals surface area contributed by atoms with Crippen molar-refractivity contribution in [2.75, 3.05) is 11.9 Å². The van der Waals surface area contributed by atoms with Crippen molar-refractivity contribution >= 4 is 28.3 Å². The second-order valence-electron chi connectivity index (χ2n) is 4.46. The fourth-order valence-corrected chi connectivity index (χ4v) is 2.68. The summed E-state index contributed by atoms with van der Waals surface area (Å²) in [6, 6.07) is 12.8. The number of anilines is 1. The Morgan fingerprint density at radius 1 is 1.25 bits per heavy atom. The molecule has 0 aromatic heterocycles. The van der Waals surface area contributed by atoms with Gasteiger partial charge in [-0.25, -0.2) is 4.39 Å². The van der Waals surface area contributed by atoms with Crippen molar-refractivity contribution in [3.63, 3.8) is 0 Å². The summed E-state index contributed by atoms with van der Waals surface area (Å²) in [5, 5.41) is 3.40. The molecule has 0 aliphatic rings. The van der Waals surface area contributed by atoms with Crippen molar-refractivity contribution in [1.29, 1.82) is 0 Å². The van der Waals surface area contributed by atoms with E-state index in [1.54, 1.807) is 6.07 Å². The van der Waals surface area contributed by atoms with Crippen LogP contribution in [0.5, 0.6) is 5.75 Å². The summed E-state index contributed by atoms with van der Waals surface area (Å²) in [6.07, 6.45) is 0. The highest BCUT2D eigenvalue weighted by molar-refractivity contribution is 14.1. The highest BCUT2D eigenvalue weighted by atomic mass is 127. The van der Waals surface area contributed by atoms with Crippen molar-refractivity contribution in [2.24, 2.45) is 0 Å². The highest BCUT2D eigenvalue weighted by Crippen LogP contribution is 2.29. The van der Waals surface area contributed by atoms with Crippen molar-refractivity contribution in [3.05, 3.63) is 57.4 Å². The molecule has 0 aliphatic heterocycles. The van der Waals surface area contributed by atoms with Gasteiger partial charge < -0.3 is 10.1 Å². The highest BCUT2D eigenvalue weighted by Gasteiger charge is 2.12. The number of hydrogen-bond acceptors (Lipinski definition) is 2. The summed E-state index contributed by atoms with van der Waals surface area (Å²) in [7, 11) is 0. The minimum atomic E-state index is -0.220. The van der Waals surface area contributed by atoms with Crippen LogP contribution in [-0.4, -0.2) is 6.61 Å². The van der Waals surface area contributed by atoms with E-state index in [0.29, 0.717) is 6.61 Å². The van der Waals surface area contributed by atoms with E-state index in [1.807, 2.05) is 31.2 Å². The molecule has 1 atom stereocenters. The van der Waals surface area contributed by atoms with E-state index in [2.05, 4.69) is 34.8 Å². The maximum atomic E-state index is 13.1. The van der Waals surface area contributed by atoms with Crippen LogP contribution in [0, 0.1) is 9.39 Å². The molecule has 4 heteroatoms. The summed E-state index contributed by atoms with van der Waals surface area (Å²) >= 11 is 2.13. The minimum absolute atomic E-state index is 0.0803. The quantitative estimate of drug-likeness (QED) is 0.732. The summed E-state index contributed by atoms with van der Waals surface area (Å²) < 4.78 is 19.6. The Balaban J connectivity index is 2.21. The molecule has 1 unspecified atom stereocenters. The zero-order valence-electron chi connectivity index (χ0n) is 11.5. The van der Waals surface area contributed by atoms with Crippen molar-refractivity contribution < 1.29 is 9.13 Å². The topological polar surface area (TPSA) is 21.3 Å². The molecule has 0 spiro atoms. The molecule has 2 aromatic carbocycles. The van der Waals surface area contributed by atoms with Gasteiger partial charge in [0.15, 0.2) is 0 Å². The van der Waals surface area contributed by atoms with Crippen molar-refractivity contribution in [3.8, 4) is 5.75 Å². The molecule has 0 saturated heterocycles. The number of halogens is 2. The van der Waals surface area contributed by atoms with Gasteiger partial charge in [0.2, 0.25) is 0 Å². The zero-order chi connectivity index (χ0) is 14.5. The van der Waals surface area contributed by atoms with Gasteiger partial charge in [0.25, 0.3) is 0 Å². The number of para-hydroxylation sites is 1. The average Bonchev–Trinajstić information content (AvgIpc) is 2.43. The molecule has 0 fully saturated rings. The first-order valence-electron chi connectivity index (χ1n) is 6.55. The lowest BCUT2D eigenvalue weighted by molar-refractivity contribution is 0.335. The molecule has 106 valence electrons. The number of hydrogen-bond donors (Lipinski definition) is 1. The lowest BCUT2D eigenvalue weighted by atomic mass is 10.1. The van der Waals surface area contributed by atoms with Crippen LogP contribution in [0.2, 0.25) is 0 Å². The normalized spacial score (nSPS) is 12.0. The summed E-state index contributed by atoms with van der Waals surface area (Å²) in [5.41, 5.74) is 2.01. The molecule has 20 heavy (non-hydrogen) atoms. The maximum absolute atomic E-state index is 13.1. The summed E-state index contributed by atoms with van der Waals surface area (Å²) in [6.45, 7) is 4.67. The Hall–Kier alpha value is -1.30. The Bertz CT molecular complexity index is 588. The largest absolute Gasteiger partial charge is 0.494 e. The third-order valence-electron chi connectivity index (χ3n) is 2.99. The Kier molecular flexibility index (Phi) is 5.23. The third kappa shape index (κ3) is 3.62. The average molecular weight is 385 g/mol. The first-order valence-corrected chi connectivity index (χ1v) is 7.63. The molecule has 0 aliphatic carbocycles. The first-order chi connectivity index (χ1) is 9.61. The molecule has 1 N–H and O–H groups in total. The van der Waals surface area contributed by atoms with Gasteiger partial charge in [-0.3, -0.25) is 0 Å². The number of rotatable bonds is 5. The van der Waals surface area contributed by atoms with Gasteiger partial charge >= 0.3 is 0 Å². The molecule has 0 bridgehead atoms. The Morgan fingerprint density at radius 3 is 2.70 bits per heavy atom. The van der Waals surface area contributed by atoms with E-state index in [0.717, 1.165) is 20.6 Å². The van der Waals surface area contributed by atoms with E-state index in [-0.39, 0.29) is 11.9 Å². The van der Waals surface area contributed by atoms with Crippen LogP contribution >= 0.6 is 22.6 Å². The van der Waals surface area contributed by atoms with Gasteiger partial charge in [-0.05, 0) is 60.7 Å². The molecule has 2 rings (SSSR count). The van der Waals surface area contributed by atoms with E-state index < -0.39 is 0 Å². The van der Waals surface area contributed by atoms with Crippen LogP contribution in [0.3, 0.4) is 0 Å². The molecule has 0 radical (unpaired) electrons. The lowest BCUT2D eigenvalue weighted by Gasteiger charge is -2.19. The fraction of sp³-hybridized carbons (Fsp3) is 0.250. The van der Waals surface area contributed by atoms with Gasteiger partial charge in [0, 0.05) is 14.8 Å². The SMILES string of the molecule is CCOc1ccccc1C(C)Nc1ccc(F)cc1I. The monoisotopic (exact) mass is 385 g/mol. The Morgan fingerprint density at radius 2 is 2.00 bits per heavy atom. The van der Waals surface area contributed by atoms with Crippen LogP contribution < -0.4 is 10.1 Å². The third-order valence-corrected chi connectivity index (χ3v) is 3.88. The van der Waals surface area contributed by atoms with Crippen molar-refractivity contribution in [2.45, 2.75) is 19.9 Å². The number of nitrogens with one attached hydrogen (secondary N) is 1. The first kappa shape index (κ1) is 15.1. The lowest BCUT2D eigenvalue weighted by Crippen LogP contribution is -2.10. The van der Waals surface area contributed by atoms with Gasteiger partial charge in [-0.15, -0.1) is 0 Å².